The number of hydrogen-bond donors (Lipinski definition) is 1. The second kappa shape index (κ2) is 5.66. The lowest BCUT2D eigenvalue weighted by Gasteiger charge is -2.05. The van der Waals surface area contributed by atoms with Crippen molar-refractivity contribution in [1.29, 1.82) is 0 Å². The molecule has 1 N–H and O–H groups in total. The van der Waals surface area contributed by atoms with Gasteiger partial charge in [0.25, 0.3) is 5.56 Å². The Hall–Kier alpha value is -1.47. The molecule has 0 radical (unpaired) electrons. The van der Waals surface area contributed by atoms with Gasteiger partial charge in [0, 0.05) is 20.4 Å². The summed E-state index contributed by atoms with van der Waals surface area (Å²) in [5.74, 6) is 0.519. The number of hydrogen-bond acceptors (Lipinski definition) is 4. The van der Waals surface area contributed by atoms with E-state index >= 15 is 0 Å². The van der Waals surface area contributed by atoms with Gasteiger partial charge in [-0.3, -0.25) is 9.48 Å². The van der Waals surface area contributed by atoms with Crippen LogP contribution in [0.5, 0.6) is 0 Å². The number of nitrogens with zero attached hydrogens (tertiary/aromatic N) is 3. The van der Waals surface area contributed by atoms with Gasteiger partial charge in [0.05, 0.1) is 23.6 Å². The normalized spacial score (nSPS) is 10.9. The van der Waals surface area contributed by atoms with E-state index in [0.717, 1.165) is 17.7 Å². The first-order valence-electron chi connectivity index (χ1n) is 5.87. The van der Waals surface area contributed by atoms with E-state index in [1.807, 2.05) is 20.2 Å². The SMILES string of the molecule is CCc1nn(C)cc1-c1nc(COC)c(Br)c(=O)[nH]1. The van der Waals surface area contributed by atoms with Crippen LogP contribution in [-0.4, -0.2) is 26.9 Å². The number of aryl methyl sites for hydroxylation is 2. The molecule has 0 atom stereocenters. The Morgan fingerprint density at radius 3 is 2.84 bits per heavy atom. The quantitative estimate of drug-likeness (QED) is 0.927. The second-order valence-corrected chi connectivity index (χ2v) is 4.92. The van der Waals surface area contributed by atoms with Crippen LogP contribution in [0.4, 0.5) is 0 Å². The predicted molar refractivity (Wildman–Crippen MR) is 74.9 cm³/mol. The number of H-pyrrole nitrogens is 1. The molecule has 0 unspecified atom stereocenters. The van der Waals surface area contributed by atoms with E-state index in [4.69, 9.17) is 4.74 Å². The molecule has 102 valence electrons. The van der Waals surface area contributed by atoms with E-state index in [0.29, 0.717) is 16.0 Å². The van der Waals surface area contributed by atoms with Crippen molar-refractivity contribution in [3.8, 4) is 11.4 Å². The summed E-state index contributed by atoms with van der Waals surface area (Å²) in [6, 6.07) is 0. The van der Waals surface area contributed by atoms with Crippen LogP contribution in [0.1, 0.15) is 18.3 Å². The average molecular weight is 327 g/mol. The molecule has 2 rings (SSSR count). The summed E-state index contributed by atoms with van der Waals surface area (Å²) in [7, 11) is 3.41. The van der Waals surface area contributed by atoms with Gasteiger partial charge in [-0.25, -0.2) is 4.98 Å². The summed E-state index contributed by atoms with van der Waals surface area (Å²) in [5.41, 5.74) is 2.10. The molecule has 0 spiro atoms. The average Bonchev–Trinajstić information content (AvgIpc) is 2.76. The van der Waals surface area contributed by atoms with Crippen LogP contribution in [0, 0.1) is 0 Å². The fourth-order valence-electron chi connectivity index (χ4n) is 1.86. The standard InChI is InChI=1S/C12H15BrN4O2/c1-4-8-7(5-17(2)16-8)11-14-9(6-19-3)10(13)12(18)15-11/h5H,4,6H2,1-3H3,(H,14,15,18). The summed E-state index contributed by atoms with van der Waals surface area (Å²) in [5, 5.41) is 4.34. The number of rotatable bonds is 4. The van der Waals surface area contributed by atoms with Crippen molar-refractivity contribution in [3.63, 3.8) is 0 Å². The summed E-state index contributed by atoms with van der Waals surface area (Å²) < 4.78 is 7.17. The molecule has 6 nitrogen and oxygen atoms in total. The summed E-state index contributed by atoms with van der Waals surface area (Å²) >= 11 is 3.22. The van der Waals surface area contributed by atoms with Crippen LogP contribution >= 0.6 is 15.9 Å². The molecule has 0 saturated carbocycles. The number of aromatic amines is 1. The van der Waals surface area contributed by atoms with Gasteiger partial charge in [0.15, 0.2) is 0 Å². The molecule has 7 heteroatoms. The molecule has 19 heavy (non-hydrogen) atoms. The van der Waals surface area contributed by atoms with Gasteiger partial charge in [-0.15, -0.1) is 0 Å². The van der Waals surface area contributed by atoms with Crippen molar-refractivity contribution in [3.05, 3.63) is 32.4 Å². The molecule has 2 heterocycles. The van der Waals surface area contributed by atoms with Crippen LogP contribution in [0.3, 0.4) is 0 Å². The third-order valence-electron chi connectivity index (χ3n) is 2.71. The highest BCUT2D eigenvalue weighted by Crippen LogP contribution is 2.20. The third kappa shape index (κ3) is 2.76. The number of methoxy groups -OCH3 is 1. The highest BCUT2D eigenvalue weighted by atomic mass is 79.9. The fourth-order valence-corrected chi connectivity index (χ4v) is 2.16. The Kier molecular flexibility index (Phi) is 4.16. The lowest BCUT2D eigenvalue weighted by Crippen LogP contribution is -2.14. The highest BCUT2D eigenvalue weighted by Gasteiger charge is 2.14. The first kappa shape index (κ1) is 14.0. The molecule has 0 bridgehead atoms. The van der Waals surface area contributed by atoms with Crippen molar-refractivity contribution in [2.45, 2.75) is 20.0 Å². The summed E-state index contributed by atoms with van der Waals surface area (Å²) in [4.78, 5) is 19.1. The molecular weight excluding hydrogens is 312 g/mol. The Bertz CT molecular complexity index is 648. The maximum Gasteiger partial charge on any atom is 0.265 e. The highest BCUT2D eigenvalue weighted by molar-refractivity contribution is 9.10. The Balaban J connectivity index is 2.59. The zero-order chi connectivity index (χ0) is 14.0. The number of nitrogens with one attached hydrogen (secondary N) is 1. The van der Waals surface area contributed by atoms with Crippen LogP contribution in [-0.2, 0) is 24.8 Å². The number of ether oxygens (including phenoxy) is 1. The first-order chi connectivity index (χ1) is 9.06. The van der Waals surface area contributed by atoms with Gasteiger partial charge in [-0.05, 0) is 22.4 Å². The van der Waals surface area contributed by atoms with Crippen molar-refractivity contribution < 1.29 is 4.74 Å². The maximum absolute atomic E-state index is 11.9. The lowest BCUT2D eigenvalue weighted by atomic mass is 10.2. The topological polar surface area (TPSA) is 72.8 Å². The Morgan fingerprint density at radius 2 is 2.21 bits per heavy atom. The minimum atomic E-state index is -0.219. The van der Waals surface area contributed by atoms with Gasteiger partial charge < -0.3 is 9.72 Å². The minimum absolute atomic E-state index is 0.219. The van der Waals surface area contributed by atoms with E-state index in [1.54, 1.807) is 11.8 Å². The molecule has 0 aliphatic carbocycles. The van der Waals surface area contributed by atoms with Gasteiger partial charge in [-0.1, -0.05) is 6.92 Å². The maximum atomic E-state index is 11.9. The van der Waals surface area contributed by atoms with E-state index < -0.39 is 0 Å². The second-order valence-electron chi connectivity index (χ2n) is 4.12. The molecule has 0 aromatic carbocycles. The molecule has 0 amide bonds. The number of aromatic nitrogens is 4. The molecule has 0 aliphatic rings. The first-order valence-corrected chi connectivity index (χ1v) is 6.66. The zero-order valence-corrected chi connectivity index (χ0v) is 12.6. The molecule has 2 aromatic heterocycles. The fraction of sp³-hybridized carbons (Fsp3) is 0.417. The van der Waals surface area contributed by atoms with Crippen molar-refractivity contribution in [2.75, 3.05) is 7.11 Å². The van der Waals surface area contributed by atoms with Crippen molar-refractivity contribution in [1.82, 2.24) is 19.7 Å². The lowest BCUT2D eigenvalue weighted by molar-refractivity contribution is 0.180. The van der Waals surface area contributed by atoms with E-state index in [1.165, 1.54) is 0 Å². The van der Waals surface area contributed by atoms with Gasteiger partial charge in [0.2, 0.25) is 0 Å². The van der Waals surface area contributed by atoms with Gasteiger partial charge in [0.1, 0.15) is 10.3 Å². The van der Waals surface area contributed by atoms with Gasteiger partial charge in [-0.2, -0.15) is 5.10 Å². The molecule has 0 aliphatic heterocycles. The van der Waals surface area contributed by atoms with E-state index in [-0.39, 0.29) is 12.2 Å². The van der Waals surface area contributed by atoms with Crippen LogP contribution < -0.4 is 5.56 Å². The molecule has 0 fully saturated rings. The summed E-state index contributed by atoms with van der Waals surface area (Å²) in [6.07, 6.45) is 2.62. The predicted octanol–water partition coefficient (Wildman–Crippen LogP) is 1.64. The zero-order valence-electron chi connectivity index (χ0n) is 11.0. The van der Waals surface area contributed by atoms with E-state index in [9.17, 15) is 4.79 Å². The monoisotopic (exact) mass is 326 g/mol. The molecular formula is C12H15BrN4O2. The number of halogens is 1. The Morgan fingerprint density at radius 1 is 1.47 bits per heavy atom. The molecule has 2 aromatic rings. The van der Waals surface area contributed by atoms with Gasteiger partial charge >= 0.3 is 0 Å². The smallest absolute Gasteiger partial charge is 0.265 e. The van der Waals surface area contributed by atoms with Crippen LogP contribution in [0.25, 0.3) is 11.4 Å². The minimum Gasteiger partial charge on any atom is -0.378 e. The van der Waals surface area contributed by atoms with Crippen molar-refractivity contribution >= 4 is 15.9 Å². The summed E-state index contributed by atoms with van der Waals surface area (Å²) in [6.45, 7) is 2.29. The van der Waals surface area contributed by atoms with Crippen LogP contribution in [0.2, 0.25) is 0 Å². The van der Waals surface area contributed by atoms with Crippen molar-refractivity contribution in [2.24, 2.45) is 7.05 Å². The van der Waals surface area contributed by atoms with Crippen LogP contribution in [0.15, 0.2) is 15.5 Å². The molecule has 0 saturated heterocycles. The Labute approximate surface area is 119 Å². The third-order valence-corrected chi connectivity index (χ3v) is 3.53. The largest absolute Gasteiger partial charge is 0.378 e. The van der Waals surface area contributed by atoms with E-state index in [2.05, 4.69) is 31.0 Å².